The van der Waals surface area contributed by atoms with E-state index in [9.17, 15) is 9.59 Å². The molecule has 0 aromatic heterocycles. The summed E-state index contributed by atoms with van der Waals surface area (Å²) in [4.78, 5) is 25.5. The monoisotopic (exact) mass is 397 g/mol. The lowest BCUT2D eigenvalue weighted by atomic mass is 10.1. The summed E-state index contributed by atoms with van der Waals surface area (Å²) < 4.78 is 0. The van der Waals surface area contributed by atoms with Crippen molar-refractivity contribution in [3.63, 3.8) is 0 Å². The standard InChI is InChI=1S/C22H24ClN3O2/c1-16(27)24-18-8-5-17(6-9-18)7-12-22(28)25-19-10-11-21(20(23)15-19)26-13-3-2-4-14-26/h5-12,15H,2-4,13-14H2,1H3,(H,24,27)(H,25,28)/b12-7+. The average Bonchev–Trinajstić information content (AvgIpc) is 2.68. The molecular formula is C22H24ClN3O2. The molecule has 1 heterocycles. The normalized spacial score (nSPS) is 14.1. The molecule has 1 aliphatic heterocycles. The molecule has 28 heavy (non-hydrogen) atoms. The van der Waals surface area contributed by atoms with Gasteiger partial charge in [-0.05, 0) is 61.2 Å². The Hall–Kier alpha value is -2.79. The number of hydrogen-bond acceptors (Lipinski definition) is 3. The lowest BCUT2D eigenvalue weighted by Crippen LogP contribution is -2.29. The lowest BCUT2D eigenvalue weighted by Gasteiger charge is -2.29. The molecule has 1 saturated heterocycles. The molecule has 5 nitrogen and oxygen atoms in total. The molecule has 6 heteroatoms. The first-order valence-electron chi connectivity index (χ1n) is 9.42. The van der Waals surface area contributed by atoms with Crippen molar-refractivity contribution in [2.45, 2.75) is 26.2 Å². The van der Waals surface area contributed by atoms with Crippen LogP contribution in [0.5, 0.6) is 0 Å². The summed E-state index contributed by atoms with van der Waals surface area (Å²) in [5.41, 5.74) is 3.27. The fourth-order valence-electron chi connectivity index (χ4n) is 3.21. The van der Waals surface area contributed by atoms with Crippen molar-refractivity contribution in [3.8, 4) is 0 Å². The fourth-order valence-corrected chi connectivity index (χ4v) is 3.51. The third kappa shape index (κ3) is 5.60. The largest absolute Gasteiger partial charge is 0.370 e. The van der Waals surface area contributed by atoms with E-state index in [0.717, 1.165) is 30.0 Å². The van der Waals surface area contributed by atoms with E-state index in [4.69, 9.17) is 11.6 Å². The molecule has 0 radical (unpaired) electrons. The molecule has 2 N–H and O–H groups in total. The molecule has 0 aliphatic carbocycles. The van der Waals surface area contributed by atoms with E-state index in [0.29, 0.717) is 10.7 Å². The number of benzene rings is 2. The van der Waals surface area contributed by atoms with Crippen molar-refractivity contribution in [3.05, 3.63) is 59.1 Å². The van der Waals surface area contributed by atoms with Gasteiger partial charge in [0.2, 0.25) is 11.8 Å². The maximum absolute atomic E-state index is 12.2. The minimum atomic E-state index is -0.229. The van der Waals surface area contributed by atoms with E-state index in [1.165, 1.54) is 32.3 Å². The molecule has 0 atom stereocenters. The number of carbonyl (C=O) groups excluding carboxylic acids is 2. The minimum absolute atomic E-state index is 0.118. The summed E-state index contributed by atoms with van der Waals surface area (Å²) in [7, 11) is 0. The van der Waals surface area contributed by atoms with Crippen LogP contribution in [0, 0.1) is 0 Å². The number of carbonyl (C=O) groups is 2. The second-order valence-electron chi connectivity index (χ2n) is 6.84. The van der Waals surface area contributed by atoms with Crippen molar-refractivity contribution in [1.29, 1.82) is 0 Å². The molecule has 2 aromatic rings. The number of amides is 2. The smallest absolute Gasteiger partial charge is 0.248 e. The number of halogens is 1. The van der Waals surface area contributed by atoms with Crippen molar-refractivity contribution >= 4 is 46.6 Å². The van der Waals surface area contributed by atoms with Gasteiger partial charge >= 0.3 is 0 Å². The number of nitrogens with zero attached hydrogens (tertiary/aromatic N) is 1. The SMILES string of the molecule is CC(=O)Nc1ccc(/C=C/C(=O)Nc2ccc(N3CCCCC3)c(Cl)c2)cc1. The summed E-state index contributed by atoms with van der Waals surface area (Å²) in [6, 6.07) is 12.9. The van der Waals surface area contributed by atoms with Crippen LogP contribution in [0.4, 0.5) is 17.1 Å². The van der Waals surface area contributed by atoms with Gasteiger partial charge in [0.25, 0.3) is 0 Å². The molecular weight excluding hydrogens is 374 g/mol. The third-order valence-electron chi connectivity index (χ3n) is 4.57. The molecule has 1 aliphatic rings. The highest BCUT2D eigenvalue weighted by molar-refractivity contribution is 6.33. The summed E-state index contributed by atoms with van der Waals surface area (Å²) in [5, 5.41) is 6.19. The fraction of sp³-hybridized carbons (Fsp3) is 0.273. The molecule has 2 amide bonds. The Balaban J connectivity index is 1.59. The van der Waals surface area contributed by atoms with E-state index >= 15 is 0 Å². The van der Waals surface area contributed by atoms with Gasteiger partial charge in [0.15, 0.2) is 0 Å². The molecule has 3 rings (SSSR count). The minimum Gasteiger partial charge on any atom is -0.370 e. The maximum atomic E-state index is 12.2. The third-order valence-corrected chi connectivity index (χ3v) is 4.87. The second-order valence-corrected chi connectivity index (χ2v) is 7.25. The molecule has 0 saturated carbocycles. The van der Waals surface area contributed by atoms with Gasteiger partial charge in [-0.1, -0.05) is 23.7 Å². The Morgan fingerprint density at radius 2 is 1.64 bits per heavy atom. The van der Waals surface area contributed by atoms with Crippen molar-refractivity contribution in [1.82, 2.24) is 0 Å². The molecule has 1 fully saturated rings. The van der Waals surface area contributed by atoms with Gasteiger partial charge in [-0.3, -0.25) is 9.59 Å². The van der Waals surface area contributed by atoms with Crippen LogP contribution in [0.15, 0.2) is 48.5 Å². The molecule has 146 valence electrons. The first-order chi connectivity index (χ1) is 13.5. The van der Waals surface area contributed by atoms with Crippen LogP contribution in [0.25, 0.3) is 6.08 Å². The number of nitrogens with one attached hydrogen (secondary N) is 2. The second kappa shape index (κ2) is 9.42. The summed E-state index contributed by atoms with van der Waals surface area (Å²) in [6.07, 6.45) is 6.83. The van der Waals surface area contributed by atoms with E-state index in [1.54, 1.807) is 24.3 Å². The van der Waals surface area contributed by atoms with Crippen molar-refractivity contribution in [2.24, 2.45) is 0 Å². The van der Waals surface area contributed by atoms with Gasteiger partial charge in [0, 0.05) is 37.5 Å². The van der Waals surface area contributed by atoms with Crippen LogP contribution in [0.1, 0.15) is 31.7 Å². The highest BCUT2D eigenvalue weighted by Crippen LogP contribution is 2.30. The van der Waals surface area contributed by atoms with Crippen LogP contribution < -0.4 is 15.5 Å². The van der Waals surface area contributed by atoms with E-state index in [-0.39, 0.29) is 11.8 Å². The predicted octanol–water partition coefficient (Wildman–Crippen LogP) is 4.94. The van der Waals surface area contributed by atoms with E-state index < -0.39 is 0 Å². The quantitative estimate of drug-likeness (QED) is 0.702. The Kier molecular flexibility index (Phi) is 6.71. The Labute approximate surface area is 170 Å². The number of hydrogen-bond donors (Lipinski definition) is 2. The van der Waals surface area contributed by atoms with Crippen LogP contribution >= 0.6 is 11.6 Å². The van der Waals surface area contributed by atoms with Gasteiger partial charge in [0.1, 0.15) is 0 Å². The number of rotatable bonds is 5. The van der Waals surface area contributed by atoms with Gasteiger partial charge in [0.05, 0.1) is 10.7 Å². The van der Waals surface area contributed by atoms with Crippen LogP contribution in [-0.4, -0.2) is 24.9 Å². The van der Waals surface area contributed by atoms with Gasteiger partial charge < -0.3 is 15.5 Å². The molecule has 2 aromatic carbocycles. The van der Waals surface area contributed by atoms with Crippen molar-refractivity contribution in [2.75, 3.05) is 28.6 Å². The Bertz CT molecular complexity index is 872. The van der Waals surface area contributed by atoms with E-state index in [2.05, 4.69) is 15.5 Å². The first kappa shape index (κ1) is 20.0. The number of piperidine rings is 1. The topological polar surface area (TPSA) is 61.4 Å². The maximum Gasteiger partial charge on any atom is 0.248 e. The Morgan fingerprint density at radius 3 is 2.29 bits per heavy atom. The Morgan fingerprint density at radius 1 is 0.964 bits per heavy atom. The molecule has 0 spiro atoms. The highest BCUT2D eigenvalue weighted by Gasteiger charge is 2.14. The summed E-state index contributed by atoms with van der Waals surface area (Å²) in [5.74, 6) is -0.347. The van der Waals surface area contributed by atoms with Crippen LogP contribution in [0.3, 0.4) is 0 Å². The predicted molar refractivity (Wildman–Crippen MR) is 116 cm³/mol. The van der Waals surface area contributed by atoms with Crippen LogP contribution in [-0.2, 0) is 9.59 Å². The highest BCUT2D eigenvalue weighted by atomic mass is 35.5. The van der Waals surface area contributed by atoms with Crippen molar-refractivity contribution < 1.29 is 9.59 Å². The molecule has 0 bridgehead atoms. The zero-order chi connectivity index (χ0) is 19.9. The lowest BCUT2D eigenvalue weighted by molar-refractivity contribution is -0.114. The zero-order valence-electron chi connectivity index (χ0n) is 15.9. The van der Waals surface area contributed by atoms with Gasteiger partial charge in [-0.25, -0.2) is 0 Å². The van der Waals surface area contributed by atoms with Gasteiger partial charge in [-0.2, -0.15) is 0 Å². The average molecular weight is 398 g/mol. The van der Waals surface area contributed by atoms with E-state index in [1.807, 2.05) is 24.3 Å². The number of anilines is 3. The zero-order valence-corrected chi connectivity index (χ0v) is 16.6. The van der Waals surface area contributed by atoms with Gasteiger partial charge in [-0.15, -0.1) is 0 Å². The summed E-state index contributed by atoms with van der Waals surface area (Å²) >= 11 is 6.43. The summed E-state index contributed by atoms with van der Waals surface area (Å²) in [6.45, 7) is 3.51. The molecule has 0 unspecified atom stereocenters. The first-order valence-corrected chi connectivity index (χ1v) is 9.80. The van der Waals surface area contributed by atoms with Crippen LogP contribution in [0.2, 0.25) is 5.02 Å².